The van der Waals surface area contributed by atoms with Gasteiger partial charge in [-0.1, -0.05) is 39.8 Å². The Hall–Kier alpha value is -2.63. The van der Waals surface area contributed by atoms with E-state index in [9.17, 15) is 26.3 Å². The van der Waals surface area contributed by atoms with Gasteiger partial charge in [-0.25, -0.2) is 9.97 Å². The molecular weight excluding hydrogens is 609 g/mol. The molecule has 0 fully saturated rings. The van der Waals surface area contributed by atoms with Crippen molar-refractivity contribution in [1.82, 2.24) is 9.97 Å². The van der Waals surface area contributed by atoms with Gasteiger partial charge in [-0.15, -0.1) is 22.7 Å². The molecule has 0 amide bonds. The molecule has 13 heteroatoms. The fraction of sp³-hybridized carbons (Fsp3) is 0.308. The maximum absolute atomic E-state index is 12.2. The van der Waals surface area contributed by atoms with Crippen molar-refractivity contribution in [1.29, 1.82) is 0 Å². The Morgan fingerprint density at radius 1 is 0.692 bits per heavy atom. The molecule has 0 atom stereocenters. The number of allylic oxidation sites excluding steroid dienone is 2. The average Bonchev–Trinajstić information content (AvgIpc) is 3.39. The molecule has 0 spiro atoms. The van der Waals surface area contributed by atoms with Crippen molar-refractivity contribution in [2.24, 2.45) is 0 Å². The van der Waals surface area contributed by atoms with Crippen LogP contribution < -0.4 is 0 Å². The SMILES string of the molecule is CC(C)c1ccc2nc(C=C(O)C(F)(F)F)sc2c1.CC(C)c1ccc2nc(C=C(O)C(F)(F)F)sc2c1.[Ni+2]. The van der Waals surface area contributed by atoms with Crippen LogP contribution in [0, 0.1) is 0 Å². The van der Waals surface area contributed by atoms with E-state index in [1.807, 2.05) is 52.0 Å². The van der Waals surface area contributed by atoms with E-state index in [4.69, 9.17) is 10.2 Å². The third-order valence-electron chi connectivity index (χ3n) is 5.29. The van der Waals surface area contributed by atoms with Gasteiger partial charge in [0.15, 0.2) is 0 Å². The van der Waals surface area contributed by atoms with Crippen LogP contribution in [0.2, 0.25) is 0 Å². The van der Waals surface area contributed by atoms with Crippen LogP contribution in [0.5, 0.6) is 0 Å². The molecule has 2 aromatic carbocycles. The van der Waals surface area contributed by atoms with Crippen LogP contribution in [0.1, 0.15) is 60.7 Å². The Balaban J connectivity index is 0.000000267. The van der Waals surface area contributed by atoms with E-state index in [0.29, 0.717) is 35.0 Å². The first-order valence-corrected chi connectivity index (χ1v) is 12.9. The van der Waals surface area contributed by atoms with Gasteiger partial charge in [-0.05, 0) is 47.2 Å². The molecule has 0 aliphatic carbocycles. The molecule has 39 heavy (non-hydrogen) atoms. The molecule has 4 aromatic rings. The fourth-order valence-corrected chi connectivity index (χ4v) is 5.06. The van der Waals surface area contributed by atoms with E-state index < -0.39 is 23.9 Å². The van der Waals surface area contributed by atoms with Crippen molar-refractivity contribution >= 4 is 55.3 Å². The zero-order valence-electron chi connectivity index (χ0n) is 21.0. The van der Waals surface area contributed by atoms with E-state index in [2.05, 4.69) is 9.97 Å². The van der Waals surface area contributed by atoms with Crippen LogP contribution in [0.25, 0.3) is 32.6 Å². The predicted octanol–water partition coefficient (Wildman–Crippen LogP) is 9.76. The Labute approximate surface area is 238 Å². The largest absolute Gasteiger partial charge is 2.00 e. The van der Waals surface area contributed by atoms with Gasteiger partial charge in [0.1, 0.15) is 10.0 Å². The second-order valence-electron chi connectivity index (χ2n) is 8.92. The van der Waals surface area contributed by atoms with Crippen molar-refractivity contribution in [2.45, 2.75) is 51.9 Å². The van der Waals surface area contributed by atoms with Crippen LogP contribution in [0.15, 0.2) is 47.9 Å². The first-order valence-electron chi connectivity index (χ1n) is 11.3. The summed E-state index contributed by atoms with van der Waals surface area (Å²) in [7, 11) is 0. The zero-order valence-corrected chi connectivity index (χ0v) is 23.6. The summed E-state index contributed by atoms with van der Waals surface area (Å²) in [6, 6.07) is 11.2. The van der Waals surface area contributed by atoms with E-state index in [-0.39, 0.29) is 26.5 Å². The molecule has 0 aliphatic heterocycles. The second-order valence-corrected chi connectivity index (χ2v) is 11.0. The molecule has 0 unspecified atom stereocenters. The van der Waals surface area contributed by atoms with Crippen molar-refractivity contribution in [3.05, 3.63) is 69.1 Å². The minimum atomic E-state index is -4.74. The third-order valence-corrected chi connectivity index (χ3v) is 7.22. The number of aromatic nitrogens is 2. The van der Waals surface area contributed by atoms with E-state index in [1.165, 1.54) is 0 Å². The second kappa shape index (κ2) is 12.7. The Morgan fingerprint density at radius 3 is 1.31 bits per heavy atom. The summed E-state index contributed by atoms with van der Waals surface area (Å²) >= 11 is 2.25. The summed E-state index contributed by atoms with van der Waals surface area (Å²) in [5.74, 6) is -2.57. The molecule has 4 nitrogen and oxygen atoms in total. The first-order chi connectivity index (χ1) is 17.5. The van der Waals surface area contributed by atoms with Crippen molar-refractivity contribution in [2.75, 3.05) is 0 Å². The number of rotatable bonds is 4. The summed E-state index contributed by atoms with van der Waals surface area (Å²) < 4.78 is 74.9. The van der Waals surface area contributed by atoms with E-state index in [1.54, 1.807) is 12.1 Å². The minimum Gasteiger partial charge on any atom is -0.504 e. The Kier molecular flexibility index (Phi) is 10.6. The molecule has 0 saturated carbocycles. The monoisotopic (exact) mass is 632 g/mol. The number of thiazole rings is 2. The van der Waals surface area contributed by atoms with E-state index in [0.717, 1.165) is 43.2 Å². The maximum atomic E-state index is 12.2. The number of hydrogen-bond acceptors (Lipinski definition) is 6. The quantitative estimate of drug-likeness (QED) is 0.133. The zero-order chi connectivity index (χ0) is 28.4. The summed E-state index contributed by atoms with van der Waals surface area (Å²) in [5.41, 5.74) is 3.48. The van der Waals surface area contributed by atoms with Crippen LogP contribution >= 0.6 is 22.7 Å². The summed E-state index contributed by atoms with van der Waals surface area (Å²) in [5, 5.41) is 18.1. The number of aliphatic hydroxyl groups is 2. The standard InChI is InChI=1S/2C13H12F3NOS.Ni/c2*1-7(2)8-3-4-9-10(5-8)19-12(17-9)6-11(18)13(14,15)16;/h2*3-7,18H,1-2H3;/q;;+2. The first kappa shape index (κ1) is 32.6. The van der Waals surface area contributed by atoms with Crippen LogP contribution in [0.4, 0.5) is 26.3 Å². The van der Waals surface area contributed by atoms with Crippen molar-refractivity contribution < 1.29 is 53.0 Å². The van der Waals surface area contributed by atoms with Crippen molar-refractivity contribution in [3.8, 4) is 0 Å². The molecule has 0 aliphatic rings. The van der Waals surface area contributed by atoms with Crippen LogP contribution in [0.3, 0.4) is 0 Å². The summed E-state index contributed by atoms with van der Waals surface area (Å²) in [4.78, 5) is 8.10. The van der Waals surface area contributed by atoms with E-state index >= 15 is 0 Å². The smallest absolute Gasteiger partial charge is 0.504 e. The number of fused-ring (bicyclic) bond motifs is 2. The Morgan fingerprint density at radius 2 is 1.03 bits per heavy atom. The van der Waals surface area contributed by atoms with Gasteiger partial charge in [0.2, 0.25) is 11.5 Å². The fourth-order valence-electron chi connectivity index (χ4n) is 3.16. The normalized spacial score (nSPS) is 13.1. The molecule has 212 valence electrons. The maximum Gasteiger partial charge on any atom is 2.00 e. The topological polar surface area (TPSA) is 66.2 Å². The molecule has 2 heterocycles. The number of aliphatic hydroxyl groups excluding tert-OH is 2. The molecule has 0 bridgehead atoms. The number of alkyl halides is 6. The predicted molar refractivity (Wildman–Crippen MR) is 141 cm³/mol. The minimum absolute atomic E-state index is 0. The van der Waals surface area contributed by atoms with Crippen LogP contribution in [-0.4, -0.2) is 32.5 Å². The van der Waals surface area contributed by atoms with Gasteiger partial charge in [0.05, 0.1) is 20.4 Å². The number of halogens is 6. The van der Waals surface area contributed by atoms with Gasteiger partial charge < -0.3 is 10.2 Å². The van der Waals surface area contributed by atoms with Crippen molar-refractivity contribution in [3.63, 3.8) is 0 Å². The molecule has 2 N–H and O–H groups in total. The molecule has 0 saturated heterocycles. The average molecular weight is 633 g/mol. The number of hydrogen-bond donors (Lipinski definition) is 2. The molecule has 0 radical (unpaired) electrons. The third kappa shape index (κ3) is 8.68. The van der Waals surface area contributed by atoms with Crippen LogP contribution in [-0.2, 0) is 16.5 Å². The summed E-state index contributed by atoms with van der Waals surface area (Å²) in [6.45, 7) is 8.16. The van der Waals surface area contributed by atoms with Gasteiger partial charge in [0.25, 0.3) is 0 Å². The van der Waals surface area contributed by atoms with Gasteiger partial charge >= 0.3 is 28.8 Å². The van der Waals surface area contributed by atoms with Gasteiger partial charge in [-0.3, -0.25) is 0 Å². The Bertz CT molecular complexity index is 1380. The number of benzene rings is 2. The van der Waals surface area contributed by atoms with Gasteiger partial charge in [-0.2, -0.15) is 26.3 Å². The molecular formula is C26H24F6N2NiO2S2+2. The summed E-state index contributed by atoms with van der Waals surface area (Å²) in [6.07, 6.45) is -8.17. The molecule has 4 rings (SSSR count). The molecule has 2 aromatic heterocycles. The number of nitrogens with zero attached hydrogens (tertiary/aromatic N) is 2. The van der Waals surface area contributed by atoms with Gasteiger partial charge in [0, 0.05) is 12.2 Å².